The van der Waals surface area contributed by atoms with E-state index in [2.05, 4.69) is 12.2 Å². The van der Waals surface area contributed by atoms with E-state index in [4.69, 9.17) is 0 Å². The molecule has 2 amide bonds. The highest BCUT2D eigenvalue weighted by molar-refractivity contribution is 5.96. The van der Waals surface area contributed by atoms with Crippen LogP contribution in [-0.2, 0) is 9.59 Å². The molecule has 21 heavy (non-hydrogen) atoms. The monoisotopic (exact) mass is 294 g/mol. The molecule has 0 aromatic rings. The molecule has 0 aromatic carbocycles. The summed E-state index contributed by atoms with van der Waals surface area (Å²) in [6, 6.07) is -0.573. The molecular formula is C17H30N2O2. The van der Waals surface area contributed by atoms with Gasteiger partial charge in [-0.3, -0.25) is 9.59 Å². The maximum Gasteiger partial charge on any atom is 0.245 e. The van der Waals surface area contributed by atoms with Crippen molar-refractivity contribution < 1.29 is 9.59 Å². The molecule has 4 heteroatoms. The van der Waals surface area contributed by atoms with Gasteiger partial charge in [0.2, 0.25) is 11.8 Å². The fourth-order valence-corrected chi connectivity index (χ4v) is 3.83. The number of rotatable bonds is 5. The Morgan fingerprint density at radius 2 is 1.57 bits per heavy atom. The lowest BCUT2D eigenvalue weighted by Gasteiger charge is -2.41. The number of carbonyl (C=O) groups is 2. The molecule has 0 bridgehead atoms. The molecule has 0 spiro atoms. The van der Waals surface area contributed by atoms with Crippen LogP contribution in [0.15, 0.2) is 0 Å². The second-order valence-corrected chi connectivity index (χ2v) is 6.68. The minimum Gasteiger partial charge on any atom is -0.343 e. The number of nitrogens with one attached hydrogen (secondary N) is 1. The Morgan fingerprint density at radius 1 is 0.952 bits per heavy atom. The number of hydrogen-bond donors (Lipinski definition) is 1. The summed E-state index contributed by atoms with van der Waals surface area (Å²) >= 11 is 0. The maximum atomic E-state index is 12.6. The highest BCUT2D eigenvalue weighted by atomic mass is 16.2. The van der Waals surface area contributed by atoms with E-state index >= 15 is 0 Å². The summed E-state index contributed by atoms with van der Waals surface area (Å²) in [4.78, 5) is 26.6. The van der Waals surface area contributed by atoms with Crippen LogP contribution in [0.5, 0.6) is 0 Å². The molecular weight excluding hydrogens is 264 g/mol. The Kier molecular flexibility index (Phi) is 5.65. The summed E-state index contributed by atoms with van der Waals surface area (Å²) < 4.78 is 0. The average molecular weight is 294 g/mol. The van der Waals surface area contributed by atoms with Gasteiger partial charge < -0.3 is 10.2 Å². The molecule has 1 aliphatic heterocycles. The Hall–Kier alpha value is -1.06. The predicted molar refractivity (Wildman–Crippen MR) is 83.8 cm³/mol. The van der Waals surface area contributed by atoms with Crippen molar-refractivity contribution in [3.05, 3.63) is 0 Å². The Bertz CT molecular complexity index is 375. The summed E-state index contributed by atoms with van der Waals surface area (Å²) in [5.74, 6) is 1.61. The predicted octanol–water partition coefficient (Wildman–Crippen LogP) is 2.72. The first-order valence-electron chi connectivity index (χ1n) is 8.71. The van der Waals surface area contributed by atoms with Crippen LogP contribution >= 0.6 is 0 Å². The topological polar surface area (TPSA) is 49.4 Å². The largest absolute Gasteiger partial charge is 0.343 e. The van der Waals surface area contributed by atoms with Gasteiger partial charge in [-0.2, -0.15) is 0 Å². The smallest absolute Gasteiger partial charge is 0.245 e. The van der Waals surface area contributed by atoms with E-state index in [1.165, 1.54) is 32.1 Å². The Morgan fingerprint density at radius 3 is 2.10 bits per heavy atom. The van der Waals surface area contributed by atoms with Crippen molar-refractivity contribution in [1.82, 2.24) is 10.2 Å². The molecule has 120 valence electrons. The van der Waals surface area contributed by atoms with E-state index in [9.17, 15) is 9.59 Å². The highest BCUT2D eigenvalue weighted by Gasteiger charge is 2.39. The van der Waals surface area contributed by atoms with Crippen molar-refractivity contribution in [3.63, 3.8) is 0 Å². The quantitative estimate of drug-likeness (QED) is 0.847. The molecule has 1 aliphatic carbocycles. The van der Waals surface area contributed by atoms with Gasteiger partial charge in [0.15, 0.2) is 0 Å². The molecule has 2 rings (SSSR count). The molecule has 1 saturated heterocycles. The average Bonchev–Trinajstić information content (AvgIpc) is 2.51. The van der Waals surface area contributed by atoms with Gasteiger partial charge in [0.05, 0.1) is 0 Å². The van der Waals surface area contributed by atoms with Gasteiger partial charge in [-0.05, 0) is 37.5 Å². The van der Waals surface area contributed by atoms with Gasteiger partial charge in [-0.25, -0.2) is 0 Å². The molecule has 2 unspecified atom stereocenters. The standard InChI is InChI=1S/C17H30N2O2/c1-4-12-7-9-13(10-8-12)11-19-15(6-3)16(20)18-14(5-2)17(19)21/h12-15H,4-11H2,1-3H3,(H,18,20). The first kappa shape index (κ1) is 16.3. The van der Waals surface area contributed by atoms with Crippen molar-refractivity contribution in [2.45, 2.75) is 77.8 Å². The SMILES string of the molecule is CCC1CCC(CN2C(=O)C(CC)NC(=O)C2CC)CC1. The Labute approximate surface area is 128 Å². The third-order valence-corrected chi connectivity index (χ3v) is 5.37. The Balaban J connectivity index is 2.01. The zero-order valence-electron chi connectivity index (χ0n) is 13.7. The van der Waals surface area contributed by atoms with Crippen LogP contribution in [0.1, 0.15) is 65.7 Å². The fraction of sp³-hybridized carbons (Fsp3) is 0.882. The van der Waals surface area contributed by atoms with E-state index in [1.807, 2.05) is 18.7 Å². The molecule has 1 saturated carbocycles. The number of nitrogens with zero attached hydrogens (tertiary/aromatic N) is 1. The molecule has 0 aromatic heterocycles. The van der Waals surface area contributed by atoms with Gasteiger partial charge in [-0.1, -0.05) is 40.0 Å². The van der Waals surface area contributed by atoms with E-state index in [1.54, 1.807) is 0 Å². The lowest BCUT2D eigenvalue weighted by atomic mass is 9.80. The molecule has 1 N–H and O–H groups in total. The second kappa shape index (κ2) is 7.28. The summed E-state index contributed by atoms with van der Waals surface area (Å²) in [7, 11) is 0. The van der Waals surface area contributed by atoms with Gasteiger partial charge in [0.1, 0.15) is 12.1 Å². The van der Waals surface area contributed by atoms with Crippen LogP contribution < -0.4 is 5.32 Å². The fourth-order valence-electron chi connectivity index (χ4n) is 3.83. The molecule has 1 heterocycles. The van der Waals surface area contributed by atoms with E-state index in [0.29, 0.717) is 18.8 Å². The zero-order valence-corrected chi connectivity index (χ0v) is 13.7. The van der Waals surface area contributed by atoms with Crippen LogP contribution in [-0.4, -0.2) is 35.3 Å². The zero-order chi connectivity index (χ0) is 15.4. The van der Waals surface area contributed by atoms with Crippen molar-refractivity contribution in [3.8, 4) is 0 Å². The summed E-state index contributed by atoms with van der Waals surface area (Å²) in [6.07, 6.45) is 7.63. The summed E-state index contributed by atoms with van der Waals surface area (Å²) in [6.45, 7) is 6.99. The van der Waals surface area contributed by atoms with Gasteiger partial charge in [-0.15, -0.1) is 0 Å². The van der Waals surface area contributed by atoms with Crippen molar-refractivity contribution in [2.75, 3.05) is 6.54 Å². The van der Waals surface area contributed by atoms with Crippen LogP contribution in [0.4, 0.5) is 0 Å². The third-order valence-electron chi connectivity index (χ3n) is 5.37. The first-order chi connectivity index (χ1) is 10.1. The maximum absolute atomic E-state index is 12.6. The number of hydrogen-bond acceptors (Lipinski definition) is 2. The van der Waals surface area contributed by atoms with Crippen molar-refractivity contribution in [2.24, 2.45) is 11.8 Å². The normalized spacial score (nSPS) is 34.0. The van der Waals surface area contributed by atoms with Crippen LogP contribution in [0.25, 0.3) is 0 Å². The van der Waals surface area contributed by atoms with Crippen molar-refractivity contribution in [1.29, 1.82) is 0 Å². The lowest BCUT2D eigenvalue weighted by Crippen LogP contribution is -2.63. The van der Waals surface area contributed by atoms with E-state index in [-0.39, 0.29) is 23.9 Å². The minimum atomic E-state index is -0.313. The highest BCUT2D eigenvalue weighted by Crippen LogP contribution is 2.32. The van der Waals surface area contributed by atoms with Gasteiger partial charge in [0, 0.05) is 6.54 Å². The molecule has 0 radical (unpaired) electrons. The van der Waals surface area contributed by atoms with E-state index < -0.39 is 0 Å². The molecule has 4 nitrogen and oxygen atoms in total. The van der Waals surface area contributed by atoms with E-state index in [0.717, 1.165) is 12.5 Å². The van der Waals surface area contributed by atoms with Gasteiger partial charge in [0.25, 0.3) is 0 Å². The van der Waals surface area contributed by atoms with Crippen LogP contribution in [0.3, 0.4) is 0 Å². The van der Waals surface area contributed by atoms with Crippen molar-refractivity contribution >= 4 is 11.8 Å². The lowest BCUT2D eigenvalue weighted by molar-refractivity contribution is -0.150. The number of piperazine rings is 1. The summed E-state index contributed by atoms with van der Waals surface area (Å²) in [5.41, 5.74) is 0. The first-order valence-corrected chi connectivity index (χ1v) is 8.71. The number of carbonyl (C=O) groups excluding carboxylic acids is 2. The molecule has 2 aliphatic rings. The van der Waals surface area contributed by atoms with Crippen LogP contribution in [0.2, 0.25) is 0 Å². The summed E-state index contributed by atoms with van der Waals surface area (Å²) in [5, 5.41) is 2.87. The van der Waals surface area contributed by atoms with Crippen LogP contribution in [0, 0.1) is 11.8 Å². The van der Waals surface area contributed by atoms with Gasteiger partial charge >= 0.3 is 0 Å². The minimum absolute atomic E-state index is 0.0335. The molecule has 2 fully saturated rings. The molecule has 2 atom stereocenters. The second-order valence-electron chi connectivity index (χ2n) is 6.68. The third kappa shape index (κ3) is 3.58. The number of amides is 2.